The van der Waals surface area contributed by atoms with Crippen LogP contribution in [0.5, 0.6) is 0 Å². The summed E-state index contributed by atoms with van der Waals surface area (Å²) in [5.74, 6) is -0.853. The summed E-state index contributed by atoms with van der Waals surface area (Å²) in [7, 11) is -4.13. The average molecular weight is 316 g/mol. The number of nitrogens with two attached hydrogens (primary N) is 1. The third kappa shape index (κ3) is 4.13. The number of primary amides is 1. The van der Waals surface area contributed by atoms with Crippen molar-refractivity contribution < 1.29 is 18.1 Å². The number of hydrogen-bond donors (Lipinski definition) is 3. The molecule has 0 aliphatic heterocycles. The van der Waals surface area contributed by atoms with E-state index >= 15 is 0 Å². The Morgan fingerprint density at radius 3 is 2.57 bits per heavy atom. The number of anilines is 1. The maximum Gasteiger partial charge on any atom is 0.270 e. The molecule has 4 N–H and O–H groups in total. The van der Waals surface area contributed by atoms with Gasteiger partial charge in [0, 0.05) is 18.7 Å². The first-order valence-electron chi connectivity index (χ1n) is 6.03. The van der Waals surface area contributed by atoms with Crippen molar-refractivity contribution in [2.45, 2.75) is 24.8 Å². The second kappa shape index (κ2) is 6.50. The first kappa shape index (κ1) is 16.9. The van der Waals surface area contributed by atoms with Crippen LogP contribution in [-0.4, -0.2) is 31.8 Å². The highest BCUT2D eigenvalue weighted by Gasteiger charge is 2.25. The Bertz CT molecular complexity index is 659. The minimum absolute atomic E-state index is 0.201. The highest BCUT2D eigenvalue weighted by Crippen LogP contribution is 2.26. The first-order chi connectivity index (χ1) is 9.69. The normalized spacial score (nSPS) is 12.7. The zero-order valence-electron chi connectivity index (χ0n) is 11.5. The van der Waals surface area contributed by atoms with E-state index in [9.17, 15) is 23.3 Å². The van der Waals surface area contributed by atoms with Gasteiger partial charge in [0.2, 0.25) is 15.9 Å². The number of nitrogens with one attached hydrogen (secondary N) is 2. The fourth-order valence-electron chi connectivity index (χ4n) is 1.54. The van der Waals surface area contributed by atoms with Crippen molar-refractivity contribution >= 4 is 27.3 Å². The number of nitro groups is 1. The van der Waals surface area contributed by atoms with Crippen LogP contribution in [0.2, 0.25) is 0 Å². The molecule has 9 nitrogen and oxygen atoms in total. The van der Waals surface area contributed by atoms with Crippen LogP contribution in [0, 0.1) is 10.1 Å². The van der Waals surface area contributed by atoms with Gasteiger partial charge in [-0.3, -0.25) is 14.9 Å². The number of nitrogens with zero attached hydrogens (tertiary/aromatic N) is 1. The van der Waals surface area contributed by atoms with Crippen LogP contribution in [0.25, 0.3) is 0 Å². The smallest absolute Gasteiger partial charge is 0.270 e. The minimum Gasteiger partial charge on any atom is -0.384 e. The van der Waals surface area contributed by atoms with E-state index in [0.29, 0.717) is 6.54 Å². The lowest BCUT2D eigenvalue weighted by Crippen LogP contribution is -2.42. The van der Waals surface area contributed by atoms with E-state index in [1.54, 1.807) is 6.92 Å². The van der Waals surface area contributed by atoms with Crippen LogP contribution in [0.4, 0.5) is 11.4 Å². The topological polar surface area (TPSA) is 144 Å². The summed E-state index contributed by atoms with van der Waals surface area (Å²) in [6, 6.07) is 2.27. The molecule has 0 aromatic heterocycles. The van der Waals surface area contributed by atoms with E-state index in [2.05, 4.69) is 10.0 Å². The molecular formula is C11H16N4O5S. The third-order valence-electron chi connectivity index (χ3n) is 2.59. The van der Waals surface area contributed by atoms with Crippen LogP contribution < -0.4 is 15.8 Å². The molecule has 21 heavy (non-hydrogen) atoms. The molecule has 10 heteroatoms. The van der Waals surface area contributed by atoms with Crippen LogP contribution in [0.3, 0.4) is 0 Å². The number of carbonyl (C=O) groups excluding carboxylic acids is 1. The summed E-state index contributed by atoms with van der Waals surface area (Å²) in [4.78, 5) is 20.7. The number of rotatable bonds is 7. The Hall–Kier alpha value is -2.20. The Balaban J connectivity index is 3.33. The van der Waals surface area contributed by atoms with Gasteiger partial charge in [0.1, 0.15) is 4.90 Å². The minimum atomic E-state index is -4.13. The van der Waals surface area contributed by atoms with Crippen molar-refractivity contribution in [3.8, 4) is 0 Å². The van der Waals surface area contributed by atoms with Crippen LogP contribution in [-0.2, 0) is 14.8 Å². The number of hydrogen-bond acceptors (Lipinski definition) is 6. The van der Waals surface area contributed by atoms with Crippen molar-refractivity contribution in [2.24, 2.45) is 5.73 Å². The van der Waals surface area contributed by atoms with Gasteiger partial charge in [-0.05, 0) is 19.9 Å². The van der Waals surface area contributed by atoms with Gasteiger partial charge in [-0.2, -0.15) is 4.72 Å². The van der Waals surface area contributed by atoms with Crippen LogP contribution >= 0.6 is 0 Å². The molecule has 1 atom stereocenters. The third-order valence-corrected chi connectivity index (χ3v) is 4.17. The lowest BCUT2D eigenvalue weighted by molar-refractivity contribution is -0.385. The standard InChI is InChI=1S/C11H16N4O5S/c1-3-13-9-5-4-8(15(17)18)6-10(9)21(19,20)14-7(2)11(12)16/h4-7,13-14H,3H2,1-2H3,(H2,12,16). The van der Waals surface area contributed by atoms with E-state index in [4.69, 9.17) is 5.73 Å². The molecule has 0 radical (unpaired) electrons. The molecule has 0 saturated carbocycles. The molecule has 1 aromatic carbocycles. The number of nitro benzene ring substituents is 1. The molecule has 1 amide bonds. The van der Waals surface area contributed by atoms with Gasteiger partial charge in [-0.15, -0.1) is 0 Å². The van der Waals surface area contributed by atoms with Gasteiger partial charge >= 0.3 is 0 Å². The summed E-state index contributed by atoms with van der Waals surface area (Å²) < 4.78 is 26.5. The van der Waals surface area contributed by atoms with Gasteiger partial charge in [0.05, 0.1) is 16.7 Å². The van der Waals surface area contributed by atoms with E-state index in [1.165, 1.54) is 19.1 Å². The summed E-state index contributed by atoms with van der Waals surface area (Å²) in [5, 5.41) is 13.6. The molecule has 0 aliphatic rings. The largest absolute Gasteiger partial charge is 0.384 e. The Morgan fingerprint density at radius 1 is 1.48 bits per heavy atom. The van der Waals surface area contributed by atoms with Crippen LogP contribution in [0.15, 0.2) is 23.1 Å². The molecule has 0 bridgehead atoms. The number of non-ortho nitro benzene ring substituents is 1. The lowest BCUT2D eigenvalue weighted by Gasteiger charge is -2.14. The van der Waals surface area contributed by atoms with Crippen molar-refractivity contribution in [3.63, 3.8) is 0 Å². The average Bonchev–Trinajstić information content (AvgIpc) is 2.38. The van der Waals surface area contributed by atoms with Gasteiger partial charge < -0.3 is 11.1 Å². The molecule has 1 aromatic rings. The highest BCUT2D eigenvalue weighted by molar-refractivity contribution is 7.89. The van der Waals surface area contributed by atoms with E-state index < -0.39 is 26.9 Å². The summed E-state index contributed by atoms with van der Waals surface area (Å²) in [5.41, 5.74) is 4.84. The molecule has 0 aliphatic carbocycles. The fraction of sp³-hybridized carbons (Fsp3) is 0.364. The van der Waals surface area contributed by atoms with Crippen molar-refractivity contribution in [3.05, 3.63) is 28.3 Å². The van der Waals surface area contributed by atoms with E-state index in [0.717, 1.165) is 6.07 Å². The molecule has 0 saturated heterocycles. The van der Waals surface area contributed by atoms with Crippen molar-refractivity contribution in [1.82, 2.24) is 4.72 Å². The number of amides is 1. The van der Waals surface area contributed by atoms with Gasteiger partial charge in [-0.1, -0.05) is 0 Å². The molecule has 0 heterocycles. The predicted octanol–water partition coefficient (Wildman–Crippen LogP) is 0.179. The fourth-order valence-corrected chi connectivity index (χ4v) is 2.95. The first-order valence-corrected chi connectivity index (χ1v) is 7.51. The van der Waals surface area contributed by atoms with Gasteiger partial charge in [0.25, 0.3) is 5.69 Å². The SMILES string of the molecule is CCNc1ccc([N+](=O)[O-])cc1S(=O)(=O)NC(C)C(N)=O. The number of benzene rings is 1. The monoisotopic (exact) mass is 316 g/mol. The summed E-state index contributed by atoms with van der Waals surface area (Å²) in [6.07, 6.45) is 0. The Morgan fingerprint density at radius 2 is 2.10 bits per heavy atom. The number of carbonyl (C=O) groups is 1. The molecule has 0 fully saturated rings. The van der Waals surface area contributed by atoms with Crippen molar-refractivity contribution in [1.29, 1.82) is 0 Å². The van der Waals surface area contributed by atoms with E-state index in [1.807, 2.05) is 0 Å². The van der Waals surface area contributed by atoms with Crippen LogP contribution in [0.1, 0.15) is 13.8 Å². The maximum absolute atomic E-state index is 12.2. The summed E-state index contributed by atoms with van der Waals surface area (Å²) >= 11 is 0. The molecule has 0 spiro atoms. The van der Waals surface area contributed by atoms with Gasteiger partial charge in [0.15, 0.2) is 0 Å². The quantitative estimate of drug-likeness (QED) is 0.483. The molecule has 1 unspecified atom stereocenters. The predicted molar refractivity (Wildman–Crippen MR) is 76.2 cm³/mol. The Kier molecular flexibility index (Phi) is 5.22. The second-order valence-electron chi connectivity index (χ2n) is 4.21. The highest BCUT2D eigenvalue weighted by atomic mass is 32.2. The maximum atomic E-state index is 12.2. The second-order valence-corrected chi connectivity index (χ2v) is 5.90. The zero-order chi connectivity index (χ0) is 16.2. The summed E-state index contributed by atoms with van der Waals surface area (Å²) in [6.45, 7) is 3.45. The molecule has 1 rings (SSSR count). The van der Waals surface area contributed by atoms with E-state index in [-0.39, 0.29) is 16.3 Å². The zero-order valence-corrected chi connectivity index (χ0v) is 12.3. The van der Waals surface area contributed by atoms with Crippen molar-refractivity contribution in [2.75, 3.05) is 11.9 Å². The molecular weight excluding hydrogens is 300 g/mol. The van der Waals surface area contributed by atoms with Gasteiger partial charge in [-0.25, -0.2) is 8.42 Å². The lowest BCUT2D eigenvalue weighted by atomic mass is 10.3. The Labute approximate surface area is 121 Å². The number of sulfonamides is 1. The molecule has 116 valence electrons.